The molecule has 0 fully saturated rings. The Kier molecular flexibility index (Phi) is 34.6. The molecule has 28 heteroatoms. The molecule has 6 heterocycles. The number of ketones is 2. The number of thiazole rings is 2. The second-order valence-electron chi connectivity index (χ2n) is 15.4. The molecule has 13 nitrogen and oxygen atoms in total. The molecule has 0 saturated carbocycles. The Labute approximate surface area is 517 Å². The summed E-state index contributed by atoms with van der Waals surface area (Å²) >= 11 is 15.7. The minimum absolute atomic E-state index is 0. The first-order valence-electron chi connectivity index (χ1n) is 22.2. The van der Waals surface area contributed by atoms with Gasteiger partial charge in [0.1, 0.15) is 0 Å². The van der Waals surface area contributed by atoms with Crippen LogP contribution in [0.5, 0.6) is 0 Å². The fourth-order valence-corrected chi connectivity index (χ4v) is 7.86. The zero-order chi connectivity index (χ0) is 58.9. The lowest BCUT2D eigenvalue weighted by molar-refractivity contribution is -0.904. The molecule has 450 valence electrons. The highest BCUT2D eigenvalue weighted by molar-refractivity contribution is 9.93. The predicted molar refractivity (Wildman–Crippen MR) is 333 cm³/mol. The summed E-state index contributed by atoms with van der Waals surface area (Å²) in [5.41, 5.74) is 8.08. The van der Waals surface area contributed by atoms with E-state index < -0.39 is 35.2 Å². The van der Waals surface area contributed by atoms with Gasteiger partial charge < -0.3 is 21.7 Å². The highest BCUT2D eigenvalue weighted by Crippen LogP contribution is 2.35. The number of carbonyl (C=O) groups is 2. The van der Waals surface area contributed by atoms with Gasteiger partial charge in [0, 0.05) is 121 Å². The molecular formula is C56H57Br3F9N10O3S3+. The van der Waals surface area contributed by atoms with E-state index in [0.717, 1.165) is 52.4 Å². The van der Waals surface area contributed by atoms with Gasteiger partial charge in [-0.1, -0.05) is 63.8 Å². The number of thiocarbonyl (C=S) groups is 1. The maximum absolute atomic E-state index is 12.7. The molecule has 0 aliphatic rings. The lowest BCUT2D eigenvalue weighted by atomic mass is 10.2. The smallest absolute Gasteiger partial charge is 0.376 e. The minimum Gasteiger partial charge on any atom is -0.376 e. The molecule has 0 amide bonds. The van der Waals surface area contributed by atoms with Crippen LogP contribution in [0.1, 0.15) is 74.0 Å². The van der Waals surface area contributed by atoms with Crippen molar-refractivity contribution in [1.29, 1.82) is 0 Å². The Morgan fingerprint density at radius 2 is 1.00 bits per heavy atom. The van der Waals surface area contributed by atoms with Gasteiger partial charge >= 0.3 is 18.5 Å². The lowest BCUT2D eigenvalue weighted by Gasteiger charge is -2.09. The van der Waals surface area contributed by atoms with Crippen molar-refractivity contribution in [3.63, 3.8) is 0 Å². The van der Waals surface area contributed by atoms with Crippen molar-refractivity contribution in [2.75, 3.05) is 21.3 Å². The number of pyridine rings is 4. The first-order chi connectivity index (χ1) is 38.0. The van der Waals surface area contributed by atoms with Gasteiger partial charge in [-0.25, -0.2) is 9.97 Å². The zero-order valence-corrected chi connectivity index (χ0v) is 48.0. The van der Waals surface area contributed by atoms with Crippen LogP contribution >= 0.6 is 79.1 Å². The van der Waals surface area contributed by atoms with Crippen LogP contribution in [-0.4, -0.2) is 52.1 Å². The molecule has 0 unspecified atom stereocenters. The fraction of sp³-hybridized carbons (Fsp3) is 0.161. The van der Waals surface area contributed by atoms with E-state index in [-0.39, 0.29) is 52.1 Å². The largest absolute Gasteiger partial charge is 0.416 e. The highest BCUT2D eigenvalue weighted by Gasteiger charge is 2.32. The Morgan fingerprint density at radius 3 is 1.37 bits per heavy atom. The van der Waals surface area contributed by atoms with Crippen molar-refractivity contribution < 1.29 is 59.0 Å². The van der Waals surface area contributed by atoms with E-state index in [4.69, 9.17) is 5.73 Å². The van der Waals surface area contributed by atoms with E-state index in [0.29, 0.717) is 49.4 Å². The fourth-order valence-electron chi connectivity index (χ4n) is 5.94. The van der Waals surface area contributed by atoms with Gasteiger partial charge in [0.25, 0.3) is 0 Å². The van der Waals surface area contributed by atoms with Crippen LogP contribution < -0.4 is 26.4 Å². The summed E-state index contributed by atoms with van der Waals surface area (Å²) in [6, 6.07) is 28.7. The number of rotatable bonds is 10. The van der Waals surface area contributed by atoms with Gasteiger partial charge in [-0.15, -0.1) is 22.7 Å². The monoisotopic (exact) mass is 1420 g/mol. The second-order valence-corrected chi connectivity index (χ2v) is 18.1. The number of alkyl halides is 10. The van der Waals surface area contributed by atoms with Crippen LogP contribution in [0.2, 0.25) is 0 Å². The van der Waals surface area contributed by atoms with E-state index in [2.05, 4.69) is 97.3 Å². The standard InChI is InChI=1S/C15H11F3N3OS.C15H10F3N3S.C8H7F3N2S.C7H6BrNO.C7H7NO.4CH4.Br2/c16-15(17,18)11-4-1-5-12(7-11)19-14-20-13(9-23-14)10-3-2-6-21(22)8-10;16-15(17,18)11-4-1-5-12(7-11)20-14-21-13(9-22-14)10-3-2-6-19-8-10;9-8(10,11)5-2-1-3-6(4-5)13-7(12)14;8-4-7(10)6-2-1-3-9-5-6;1-6(9)7-3-2-4-8-5-7;;;;;1-2/h1-9,22H,(H,19,20);1-9H,(H,20,21);1-4H,(H3,12,13,14);1-3,5H,4H2;2-5H,1H3;4*1H4;/q+1;;;;;;;;;. The molecule has 0 aliphatic carbocycles. The Bertz CT molecular complexity index is 3370. The van der Waals surface area contributed by atoms with Gasteiger partial charge in [-0.3, -0.25) is 29.7 Å². The number of hydrogen-bond acceptors (Lipinski definition) is 13. The maximum atomic E-state index is 12.7. The number of nitrogens with one attached hydrogen (secondary N) is 3. The van der Waals surface area contributed by atoms with Crippen LogP contribution in [0.25, 0.3) is 22.5 Å². The van der Waals surface area contributed by atoms with E-state index >= 15 is 0 Å². The average molecular weight is 1430 g/mol. The van der Waals surface area contributed by atoms with Gasteiger partial charge in [0.2, 0.25) is 12.4 Å². The summed E-state index contributed by atoms with van der Waals surface area (Å²) < 4.78 is 114. The normalized spacial score (nSPS) is 10.1. The van der Waals surface area contributed by atoms with Crippen molar-refractivity contribution in [3.05, 3.63) is 209 Å². The summed E-state index contributed by atoms with van der Waals surface area (Å²) in [5.74, 6) is 0.121. The molecule has 0 saturated heterocycles. The third-order valence-electron chi connectivity index (χ3n) is 9.56. The maximum Gasteiger partial charge on any atom is 0.416 e. The number of carbonyl (C=O) groups excluding carboxylic acids is 2. The summed E-state index contributed by atoms with van der Waals surface area (Å²) in [6.07, 6.45) is -0.384. The average Bonchev–Trinajstić information content (AvgIpc) is 4.24. The molecular weight excluding hydrogens is 1370 g/mol. The quantitative estimate of drug-likeness (QED) is 0.0218. The molecule has 0 bridgehead atoms. The number of Topliss-reactive ketones (excluding diaryl/α,β-unsaturated/α-hetero) is 2. The van der Waals surface area contributed by atoms with E-state index in [1.165, 1.54) is 66.3 Å². The van der Waals surface area contributed by atoms with Gasteiger partial charge in [0.15, 0.2) is 26.9 Å². The van der Waals surface area contributed by atoms with E-state index in [1.807, 2.05) is 11.4 Å². The van der Waals surface area contributed by atoms with Crippen molar-refractivity contribution in [2.24, 2.45) is 5.73 Å². The molecule has 9 aromatic rings. The Hall–Kier alpha value is -7.24. The van der Waals surface area contributed by atoms with Gasteiger partial charge in [0.05, 0.1) is 39.0 Å². The SMILES string of the molecule is BrBr.C.C.C.C.CC(=O)c1cccnc1.FC(F)(F)c1cccc(Nc2nc(-c3cccnc3)cs2)c1.NC(=S)Nc1cccc(C(F)(F)F)c1.O=C(CBr)c1cccnc1.O[n+]1cccc(-c2csc(Nc3cccc(C(F)(F)F)c3)n2)c1. The summed E-state index contributed by atoms with van der Waals surface area (Å²) in [5, 5.41) is 22.4. The van der Waals surface area contributed by atoms with E-state index in [9.17, 15) is 54.3 Å². The first-order valence-corrected chi connectivity index (χ1v) is 29.2. The number of anilines is 5. The molecule has 0 spiro atoms. The van der Waals surface area contributed by atoms with Crippen molar-refractivity contribution in [3.8, 4) is 22.5 Å². The minimum atomic E-state index is -4.38. The number of nitrogens with zero attached hydrogens (tertiary/aromatic N) is 6. The highest BCUT2D eigenvalue weighted by atomic mass is 80.9. The van der Waals surface area contributed by atoms with Crippen molar-refractivity contribution in [2.45, 2.75) is 55.2 Å². The number of hydrogen-bond donors (Lipinski definition) is 5. The van der Waals surface area contributed by atoms with Crippen molar-refractivity contribution >= 4 is 123 Å². The molecule has 6 aromatic heterocycles. The Balaban J connectivity index is 0.00000105. The number of nitrogens with two attached hydrogens (primary N) is 1. The van der Waals surface area contributed by atoms with Gasteiger partial charge in [-0.05, 0) is 116 Å². The summed E-state index contributed by atoms with van der Waals surface area (Å²) in [7, 11) is 0. The molecule has 84 heavy (non-hydrogen) atoms. The third kappa shape index (κ3) is 27.0. The van der Waals surface area contributed by atoms with Crippen LogP contribution in [0.3, 0.4) is 0 Å². The predicted octanol–water partition coefficient (Wildman–Crippen LogP) is 18.6. The van der Waals surface area contributed by atoms with Crippen molar-refractivity contribution in [1.82, 2.24) is 24.9 Å². The van der Waals surface area contributed by atoms with E-state index in [1.54, 1.807) is 97.2 Å². The molecule has 3 aromatic carbocycles. The molecule has 0 aliphatic heterocycles. The summed E-state index contributed by atoms with van der Waals surface area (Å²) in [4.78, 5) is 41.8. The molecule has 0 atom stereocenters. The third-order valence-corrected chi connectivity index (χ3v) is 11.7. The van der Waals surface area contributed by atoms with Crippen LogP contribution in [-0.2, 0) is 18.5 Å². The molecule has 0 radical (unpaired) electrons. The number of benzene rings is 3. The molecule has 6 N–H and O–H groups in total. The lowest BCUT2D eigenvalue weighted by Crippen LogP contribution is -2.28. The van der Waals surface area contributed by atoms with Crippen LogP contribution in [0.15, 0.2) is 182 Å². The van der Waals surface area contributed by atoms with Gasteiger partial charge in [-0.2, -0.15) is 39.5 Å². The topological polar surface area (TPSA) is 185 Å². The molecule has 9 rings (SSSR count). The first kappa shape index (κ1) is 76.8. The summed E-state index contributed by atoms with van der Waals surface area (Å²) in [6.45, 7) is 1.52. The van der Waals surface area contributed by atoms with Crippen LogP contribution in [0, 0.1) is 0 Å². The zero-order valence-electron chi connectivity index (χ0n) is 40.8. The Morgan fingerprint density at radius 1 is 0.595 bits per heavy atom. The van der Waals surface area contributed by atoms with Crippen LogP contribution in [0.4, 0.5) is 66.8 Å². The second kappa shape index (κ2) is 37.9. The number of aromatic nitrogens is 6. The number of halogens is 12.